The fraction of sp³-hybridized carbons (Fsp3) is 0.167. The molecule has 0 spiro atoms. The van der Waals surface area contributed by atoms with E-state index in [1.165, 1.54) is 12.1 Å². The number of hydrogen-bond acceptors (Lipinski definition) is 3. The molecule has 0 saturated carbocycles. The van der Waals surface area contributed by atoms with Crippen LogP contribution in [0.3, 0.4) is 0 Å². The van der Waals surface area contributed by atoms with Gasteiger partial charge in [-0.2, -0.15) is 0 Å². The summed E-state index contributed by atoms with van der Waals surface area (Å²) in [5, 5.41) is 17.5. The minimum absolute atomic E-state index is 0.263. The molecule has 0 aliphatic heterocycles. The lowest BCUT2D eigenvalue weighted by Gasteiger charge is -2.05. The number of benzene rings is 1. The van der Waals surface area contributed by atoms with Crippen molar-refractivity contribution in [2.24, 2.45) is 0 Å². The summed E-state index contributed by atoms with van der Waals surface area (Å²) in [4.78, 5) is 21.4. The summed E-state index contributed by atoms with van der Waals surface area (Å²) in [5.41, 5.74) is 0.0592. The van der Waals surface area contributed by atoms with Crippen LogP contribution in [0.15, 0.2) is 30.3 Å². The third-order valence-electron chi connectivity index (χ3n) is 1.97. The Labute approximate surface area is 98.0 Å². The standard InChI is InChI=1S/C12H12O5/c1-2-17-9-5-3-8(4-6-9)10(12(15)16)7-11(13)14/h3-7H,2H2,1H3,(H,13,14)(H,15,16)/b10-7-. The zero-order valence-corrected chi connectivity index (χ0v) is 9.21. The van der Waals surface area contributed by atoms with Crippen LogP contribution >= 0.6 is 0 Å². The zero-order valence-electron chi connectivity index (χ0n) is 9.21. The molecule has 0 bridgehead atoms. The average Bonchev–Trinajstić information content (AvgIpc) is 2.27. The summed E-state index contributed by atoms with van der Waals surface area (Å²) in [7, 11) is 0. The molecule has 0 heterocycles. The van der Waals surface area contributed by atoms with E-state index in [0.717, 1.165) is 0 Å². The van der Waals surface area contributed by atoms with Crippen molar-refractivity contribution in [3.05, 3.63) is 35.9 Å². The molecule has 1 aromatic rings. The maximum Gasteiger partial charge on any atom is 0.336 e. The van der Waals surface area contributed by atoms with Gasteiger partial charge < -0.3 is 14.9 Å². The van der Waals surface area contributed by atoms with Crippen molar-refractivity contribution < 1.29 is 24.5 Å². The van der Waals surface area contributed by atoms with Gasteiger partial charge in [0.1, 0.15) is 5.75 Å². The fourth-order valence-corrected chi connectivity index (χ4v) is 1.29. The van der Waals surface area contributed by atoms with E-state index in [0.29, 0.717) is 24.0 Å². The summed E-state index contributed by atoms with van der Waals surface area (Å²) >= 11 is 0. The van der Waals surface area contributed by atoms with Crippen LogP contribution < -0.4 is 4.74 Å². The fourth-order valence-electron chi connectivity index (χ4n) is 1.29. The zero-order chi connectivity index (χ0) is 12.8. The first kappa shape index (κ1) is 12.8. The van der Waals surface area contributed by atoms with E-state index in [1.807, 2.05) is 6.92 Å². The van der Waals surface area contributed by atoms with Crippen molar-refractivity contribution in [2.75, 3.05) is 6.61 Å². The van der Waals surface area contributed by atoms with E-state index < -0.39 is 11.9 Å². The minimum Gasteiger partial charge on any atom is -0.494 e. The molecule has 0 unspecified atom stereocenters. The second kappa shape index (κ2) is 5.69. The van der Waals surface area contributed by atoms with Gasteiger partial charge in [-0.25, -0.2) is 9.59 Å². The molecular weight excluding hydrogens is 224 g/mol. The molecule has 5 nitrogen and oxygen atoms in total. The van der Waals surface area contributed by atoms with Crippen LogP contribution in [0.5, 0.6) is 5.75 Å². The Kier molecular flexibility index (Phi) is 4.28. The molecule has 0 fully saturated rings. The van der Waals surface area contributed by atoms with Crippen molar-refractivity contribution >= 4 is 17.5 Å². The minimum atomic E-state index is -1.30. The maximum absolute atomic E-state index is 10.9. The van der Waals surface area contributed by atoms with E-state index in [1.54, 1.807) is 12.1 Å². The van der Waals surface area contributed by atoms with Gasteiger partial charge in [-0.05, 0) is 24.6 Å². The monoisotopic (exact) mass is 236 g/mol. The van der Waals surface area contributed by atoms with Gasteiger partial charge in [-0.1, -0.05) is 12.1 Å². The molecule has 2 N–H and O–H groups in total. The quantitative estimate of drug-likeness (QED) is 0.759. The summed E-state index contributed by atoms with van der Waals surface area (Å²) in [6, 6.07) is 6.21. The van der Waals surface area contributed by atoms with Crippen molar-refractivity contribution in [3.63, 3.8) is 0 Å². The first-order chi connectivity index (χ1) is 8.04. The molecule has 0 aliphatic carbocycles. The topological polar surface area (TPSA) is 83.8 Å². The van der Waals surface area contributed by atoms with Crippen LogP contribution in [-0.2, 0) is 9.59 Å². The van der Waals surface area contributed by atoms with E-state index in [2.05, 4.69) is 0 Å². The summed E-state index contributed by atoms with van der Waals surface area (Å²) in [6.07, 6.45) is 0.665. The van der Waals surface area contributed by atoms with Crippen LogP contribution in [0.2, 0.25) is 0 Å². The number of hydrogen-bond donors (Lipinski definition) is 2. The Bertz CT molecular complexity index is 444. The van der Waals surface area contributed by atoms with Gasteiger partial charge in [-0.3, -0.25) is 0 Å². The summed E-state index contributed by atoms with van der Waals surface area (Å²) in [5.74, 6) is -1.97. The van der Waals surface area contributed by atoms with Crippen molar-refractivity contribution in [1.29, 1.82) is 0 Å². The van der Waals surface area contributed by atoms with E-state index >= 15 is 0 Å². The van der Waals surface area contributed by atoms with Crippen LogP contribution in [-0.4, -0.2) is 28.8 Å². The van der Waals surface area contributed by atoms with Gasteiger partial charge in [-0.15, -0.1) is 0 Å². The second-order valence-corrected chi connectivity index (χ2v) is 3.16. The molecule has 17 heavy (non-hydrogen) atoms. The molecule has 0 amide bonds. The summed E-state index contributed by atoms with van der Waals surface area (Å²) in [6.45, 7) is 2.34. The van der Waals surface area contributed by atoms with Crippen LogP contribution in [0.1, 0.15) is 12.5 Å². The molecule has 0 aromatic heterocycles. The highest BCUT2D eigenvalue weighted by Crippen LogP contribution is 2.19. The third-order valence-corrected chi connectivity index (χ3v) is 1.97. The third kappa shape index (κ3) is 3.64. The van der Waals surface area contributed by atoms with Crippen molar-refractivity contribution in [3.8, 4) is 5.75 Å². The molecule has 0 radical (unpaired) electrons. The lowest BCUT2D eigenvalue weighted by atomic mass is 10.1. The molecule has 5 heteroatoms. The normalized spacial score (nSPS) is 11.0. The highest BCUT2D eigenvalue weighted by Gasteiger charge is 2.12. The number of carbonyl (C=O) groups is 2. The average molecular weight is 236 g/mol. The molecule has 0 aliphatic rings. The van der Waals surface area contributed by atoms with Gasteiger partial charge in [0, 0.05) is 6.08 Å². The Hall–Kier alpha value is -2.30. The lowest BCUT2D eigenvalue weighted by Crippen LogP contribution is -2.03. The number of carboxylic acid groups (broad SMARTS) is 2. The summed E-state index contributed by atoms with van der Waals surface area (Å²) < 4.78 is 5.20. The van der Waals surface area contributed by atoms with E-state index in [9.17, 15) is 9.59 Å². The van der Waals surface area contributed by atoms with Crippen LogP contribution in [0, 0.1) is 0 Å². The lowest BCUT2D eigenvalue weighted by molar-refractivity contribution is -0.133. The highest BCUT2D eigenvalue weighted by molar-refractivity contribution is 6.19. The van der Waals surface area contributed by atoms with E-state index in [4.69, 9.17) is 14.9 Å². The maximum atomic E-state index is 10.9. The smallest absolute Gasteiger partial charge is 0.336 e. The second-order valence-electron chi connectivity index (χ2n) is 3.16. The molecule has 0 atom stereocenters. The largest absolute Gasteiger partial charge is 0.494 e. The highest BCUT2D eigenvalue weighted by atomic mass is 16.5. The van der Waals surface area contributed by atoms with Gasteiger partial charge in [0.2, 0.25) is 0 Å². The number of rotatable bonds is 5. The van der Waals surface area contributed by atoms with Crippen molar-refractivity contribution in [1.82, 2.24) is 0 Å². The Morgan fingerprint density at radius 3 is 2.24 bits per heavy atom. The van der Waals surface area contributed by atoms with Gasteiger partial charge >= 0.3 is 11.9 Å². The van der Waals surface area contributed by atoms with Crippen molar-refractivity contribution in [2.45, 2.75) is 6.92 Å². The molecule has 1 rings (SSSR count). The predicted octanol–water partition coefficient (Wildman–Crippen LogP) is 1.64. The predicted molar refractivity (Wildman–Crippen MR) is 60.9 cm³/mol. The molecular formula is C12H12O5. The van der Waals surface area contributed by atoms with Crippen LogP contribution in [0.4, 0.5) is 0 Å². The first-order valence-corrected chi connectivity index (χ1v) is 4.95. The Morgan fingerprint density at radius 2 is 1.82 bits per heavy atom. The van der Waals surface area contributed by atoms with Gasteiger partial charge in [0.25, 0.3) is 0 Å². The Balaban J connectivity index is 3.04. The molecule has 1 aromatic carbocycles. The SMILES string of the molecule is CCOc1ccc(/C(=C/C(=O)O)C(=O)O)cc1. The van der Waals surface area contributed by atoms with Gasteiger partial charge in [0.15, 0.2) is 0 Å². The van der Waals surface area contributed by atoms with E-state index in [-0.39, 0.29) is 5.57 Å². The Morgan fingerprint density at radius 1 is 1.24 bits per heavy atom. The first-order valence-electron chi connectivity index (χ1n) is 4.95. The van der Waals surface area contributed by atoms with Crippen LogP contribution in [0.25, 0.3) is 5.57 Å². The number of carboxylic acids is 2. The number of ether oxygens (including phenoxy) is 1. The van der Waals surface area contributed by atoms with Gasteiger partial charge in [0.05, 0.1) is 12.2 Å². The molecule has 90 valence electrons. The number of aliphatic carboxylic acids is 2. The molecule has 0 saturated heterocycles.